The van der Waals surface area contributed by atoms with Crippen LogP contribution in [0.4, 0.5) is 0 Å². The van der Waals surface area contributed by atoms with Crippen LogP contribution < -0.4 is 0 Å². The van der Waals surface area contributed by atoms with E-state index in [4.69, 9.17) is 0 Å². The fourth-order valence-electron chi connectivity index (χ4n) is 2.48. The van der Waals surface area contributed by atoms with Crippen LogP contribution in [0.25, 0.3) is 21.9 Å². The van der Waals surface area contributed by atoms with E-state index in [0.29, 0.717) is 5.75 Å². The Bertz CT molecular complexity index is 731. The molecular weight excluding hydrogens is 248 g/mol. The van der Waals surface area contributed by atoms with E-state index in [-0.39, 0.29) is 0 Å². The van der Waals surface area contributed by atoms with Gasteiger partial charge in [0.1, 0.15) is 5.75 Å². The maximum atomic E-state index is 9.94. The minimum atomic E-state index is 0.322. The molecule has 0 spiro atoms. The van der Waals surface area contributed by atoms with Crippen molar-refractivity contribution in [2.45, 2.75) is 26.3 Å². The first kappa shape index (κ1) is 12.7. The maximum absolute atomic E-state index is 9.94. The zero-order valence-corrected chi connectivity index (χ0v) is 11.6. The van der Waals surface area contributed by atoms with Gasteiger partial charge in [-0.2, -0.15) is 5.10 Å². The molecule has 0 unspecified atom stereocenters. The molecule has 3 heteroatoms. The first-order valence-corrected chi connectivity index (χ1v) is 7.03. The molecule has 3 aromatic rings. The number of fused-ring (bicyclic) bond motifs is 1. The number of hydrogen-bond donors (Lipinski definition) is 1. The van der Waals surface area contributed by atoms with Crippen LogP contribution in [0.2, 0.25) is 0 Å². The molecule has 0 fully saturated rings. The molecule has 0 radical (unpaired) electrons. The first-order chi connectivity index (χ1) is 9.79. The van der Waals surface area contributed by atoms with Gasteiger partial charge in [0.15, 0.2) is 0 Å². The Balaban J connectivity index is 2.06. The molecule has 0 saturated carbocycles. The molecule has 1 aromatic heterocycles. The summed E-state index contributed by atoms with van der Waals surface area (Å²) in [5.74, 6) is 0.322. The highest BCUT2D eigenvalue weighted by Gasteiger charge is 2.08. The number of aromatic nitrogens is 2. The Morgan fingerprint density at radius 1 is 1.10 bits per heavy atom. The van der Waals surface area contributed by atoms with Crippen LogP contribution in [-0.2, 0) is 6.54 Å². The Morgan fingerprint density at radius 2 is 1.90 bits per heavy atom. The smallest absolute Gasteiger partial charge is 0.123 e. The lowest BCUT2D eigenvalue weighted by Crippen LogP contribution is -1.96. The fraction of sp³-hybridized carbons (Fsp3) is 0.235. The van der Waals surface area contributed by atoms with E-state index in [0.717, 1.165) is 41.3 Å². The van der Waals surface area contributed by atoms with Crippen LogP contribution in [0.3, 0.4) is 0 Å². The predicted molar refractivity (Wildman–Crippen MR) is 81.7 cm³/mol. The SMILES string of the molecule is CCCCn1cc(-c2ccc(O)c3ccccc23)cn1. The number of nitrogens with zero attached hydrogens (tertiary/aromatic N) is 2. The normalized spacial score (nSPS) is 11.1. The summed E-state index contributed by atoms with van der Waals surface area (Å²) in [5.41, 5.74) is 2.21. The maximum Gasteiger partial charge on any atom is 0.123 e. The number of unbranched alkanes of at least 4 members (excludes halogenated alkanes) is 1. The number of aryl methyl sites for hydroxylation is 1. The van der Waals surface area contributed by atoms with Crippen molar-refractivity contribution in [2.24, 2.45) is 0 Å². The van der Waals surface area contributed by atoms with Gasteiger partial charge in [0.05, 0.1) is 6.20 Å². The molecule has 0 aliphatic rings. The third-order valence-electron chi connectivity index (χ3n) is 3.59. The van der Waals surface area contributed by atoms with Gasteiger partial charge in [0.2, 0.25) is 0 Å². The number of hydrogen-bond acceptors (Lipinski definition) is 2. The van der Waals surface area contributed by atoms with Gasteiger partial charge in [0.25, 0.3) is 0 Å². The molecule has 0 aliphatic carbocycles. The van der Waals surface area contributed by atoms with Crippen molar-refractivity contribution in [3.63, 3.8) is 0 Å². The molecule has 0 saturated heterocycles. The number of benzene rings is 2. The zero-order valence-electron chi connectivity index (χ0n) is 11.6. The first-order valence-electron chi connectivity index (χ1n) is 7.03. The molecule has 0 atom stereocenters. The van der Waals surface area contributed by atoms with Crippen molar-refractivity contribution in [3.8, 4) is 16.9 Å². The Morgan fingerprint density at radius 3 is 2.70 bits per heavy atom. The topological polar surface area (TPSA) is 38.0 Å². The Kier molecular flexibility index (Phi) is 3.42. The van der Waals surface area contributed by atoms with Crippen molar-refractivity contribution in [3.05, 3.63) is 48.8 Å². The molecule has 1 N–H and O–H groups in total. The van der Waals surface area contributed by atoms with Crippen molar-refractivity contribution >= 4 is 10.8 Å². The second-order valence-corrected chi connectivity index (χ2v) is 5.02. The van der Waals surface area contributed by atoms with Crippen LogP contribution >= 0.6 is 0 Å². The highest BCUT2D eigenvalue weighted by Crippen LogP contribution is 2.33. The molecule has 20 heavy (non-hydrogen) atoms. The minimum absolute atomic E-state index is 0.322. The quantitative estimate of drug-likeness (QED) is 0.768. The fourth-order valence-corrected chi connectivity index (χ4v) is 2.48. The van der Waals surface area contributed by atoms with Gasteiger partial charge in [-0.3, -0.25) is 4.68 Å². The van der Waals surface area contributed by atoms with E-state index in [1.807, 2.05) is 41.2 Å². The summed E-state index contributed by atoms with van der Waals surface area (Å²) < 4.78 is 1.99. The summed E-state index contributed by atoms with van der Waals surface area (Å²) >= 11 is 0. The van der Waals surface area contributed by atoms with Gasteiger partial charge in [-0.25, -0.2) is 0 Å². The van der Waals surface area contributed by atoms with E-state index in [2.05, 4.69) is 18.2 Å². The summed E-state index contributed by atoms with van der Waals surface area (Å²) in [6, 6.07) is 11.6. The number of phenolic OH excluding ortho intramolecular Hbond substituents is 1. The summed E-state index contributed by atoms with van der Waals surface area (Å²) in [6.45, 7) is 3.13. The monoisotopic (exact) mass is 266 g/mol. The number of aromatic hydroxyl groups is 1. The van der Waals surface area contributed by atoms with Crippen molar-refractivity contribution in [1.82, 2.24) is 9.78 Å². The molecule has 1 heterocycles. The third-order valence-corrected chi connectivity index (χ3v) is 3.59. The highest BCUT2D eigenvalue weighted by molar-refractivity contribution is 5.99. The van der Waals surface area contributed by atoms with Gasteiger partial charge in [-0.1, -0.05) is 37.6 Å². The van der Waals surface area contributed by atoms with Crippen LogP contribution in [0, 0.1) is 0 Å². The molecule has 2 aromatic carbocycles. The van der Waals surface area contributed by atoms with Gasteiger partial charge in [0, 0.05) is 23.7 Å². The summed E-state index contributed by atoms with van der Waals surface area (Å²) in [5, 5.41) is 16.3. The van der Waals surface area contributed by atoms with Gasteiger partial charge in [-0.15, -0.1) is 0 Å². The summed E-state index contributed by atoms with van der Waals surface area (Å²) in [6.07, 6.45) is 6.28. The largest absolute Gasteiger partial charge is 0.507 e. The average Bonchev–Trinajstić information content (AvgIpc) is 2.94. The molecule has 0 amide bonds. The number of phenols is 1. The minimum Gasteiger partial charge on any atom is -0.507 e. The Hall–Kier alpha value is -2.29. The summed E-state index contributed by atoms with van der Waals surface area (Å²) in [7, 11) is 0. The molecule has 0 aliphatic heterocycles. The van der Waals surface area contributed by atoms with E-state index in [9.17, 15) is 5.11 Å². The predicted octanol–water partition coefficient (Wildman–Crippen LogP) is 4.21. The van der Waals surface area contributed by atoms with Crippen molar-refractivity contribution in [2.75, 3.05) is 0 Å². The Labute approximate surface area is 118 Å². The third kappa shape index (κ3) is 2.27. The second-order valence-electron chi connectivity index (χ2n) is 5.02. The summed E-state index contributed by atoms with van der Waals surface area (Å²) in [4.78, 5) is 0. The molecule has 0 bridgehead atoms. The lowest BCUT2D eigenvalue weighted by molar-refractivity contribution is 0.481. The van der Waals surface area contributed by atoms with Crippen LogP contribution in [0.5, 0.6) is 5.75 Å². The van der Waals surface area contributed by atoms with Crippen molar-refractivity contribution < 1.29 is 5.11 Å². The van der Waals surface area contributed by atoms with E-state index in [1.165, 1.54) is 0 Å². The van der Waals surface area contributed by atoms with E-state index < -0.39 is 0 Å². The molecule has 102 valence electrons. The van der Waals surface area contributed by atoms with Crippen molar-refractivity contribution in [1.29, 1.82) is 0 Å². The molecule has 3 rings (SSSR count). The van der Waals surface area contributed by atoms with E-state index in [1.54, 1.807) is 6.07 Å². The van der Waals surface area contributed by atoms with Gasteiger partial charge < -0.3 is 5.11 Å². The standard InChI is InChI=1S/C17H18N2O/c1-2-3-10-19-12-13(11-18-19)14-8-9-17(20)16-7-5-4-6-15(14)16/h4-9,11-12,20H,2-3,10H2,1H3. The van der Waals surface area contributed by atoms with Crippen LogP contribution in [-0.4, -0.2) is 14.9 Å². The zero-order chi connectivity index (χ0) is 13.9. The van der Waals surface area contributed by atoms with Crippen LogP contribution in [0.15, 0.2) is 48.8 Å². The lowest BCUT2D eigenvalue weighted by atomic mass is 10.00. The van der Waals surface area contributed by atoms with Crippen LogP contribution in [0.1, 0.15) is 19.8 Å². The highest BCUT2D eigenvalue weighted by atomic mass is 16.3. The van der Waals surface area contributed by atoms with Gasteiger partial charge >= 0.3 is 0 Å². The second kappa shape index (κ2) is 5.37. The number of rotatable bonds is 4. The molecule has 3 nitrogen and oxygen atoms in total. The van der Waals surface area contributed by atoms with Gasteiger partial charge in [-0.05, 0) is 29.5 Å². The average molecular weight is 266 g/mol. The molecular formula is C17H18N2O. The van der Waals surface area contributed by atoms with E-state index >= 15 is 0 Å². The lowest BCUT2D eigenvalue weighted by Gasteiger charge is -2.06.